The lowest BCUT2D eigenvalue weighted by atomic mass is 10.0. The van der Waals surface area contributed by atoms with Gasteiger partial charge in [-0.2, -0.15) is 0 Å². The molecule has 5 rings (SSSR count). The van der Waals surface area contributed by atoms with Crippen LogP contribution < -0.4 is 15.5 Å². The van der Waals surface area contributed by atoms with Gasteiger partial charge in [0.2, 0.25) is 11.1 Å². The van der Waals surface area contributed by atoms with E-state index < -0.39 is 5.25 Å². The van der Waals surface area contributed by atoms with Crippen LogP contribution >= 0.6 is 11.8 Å². The number of benzene rings is 3. The number of thioether (sulfide) groups is 1. The lowest BCUT2D eigenvalue weighted by molar-refractivity contribution is -0.116. The zero-order valence-corrected chi connectivity index (χ0v) is 18.4. The van der Waals surface area contributed by atoms with Gasteiger partial charge < -0.3 is 15.5 Å². The molecule has 1 aliphatic rings. The topological polar surface area (TPSA) is 81.1 Å². The molecular formula is C24H20FN5O2S. The monoisotopic (exact) mass is 461 g/mol. The predicted molar refractivity (Wildman–Crippen MR) is 125 cm³/mol. The first-order chi connectivity index (χ1) is 16.1. The number of fused-ring (bicyclic) bond motifs is 1. The van der Waals surface area contributed by atoms with E-state index in [0.717, 1.165) is 16.9 Å². The van der Waals surface area contributed by atoms with Crippen molar-refractivity contribution >= 4 is 23.4 Å². The van der Waals surface area contributed by atoms with Crippen LogP contribution in [0.4, 0.5) is 10.1 Å². The number of halogens is 1. The maximum atomic E-state index is 13.3. The fourth-order valence-electron chi connectivity index (χ4n) is 3.64. The average Bonchev–Trinajstić information content (AvgIpc) is 3.28. The SMILES string of the molecule is COc1ccc([C@H]2Nn3c(nnc3-c3ccccc3)S[C@H]2C(=O)Nc2ccc(F)cc2)cc1. The Balaban J connectivity index is 1.50. The second kappa shape index (κ2) is 8.95. The molecule has 4 aromatic rings. The van der Waals surface area contributed by atoms with E-state index in [9.17, 15) is 9.18 Å². The highest BCUT2D eigenvalue weighted by Gasteiger charge is 2.38. The van der Waals surface area contributed by atoms with Crippen molar-refractivity contribution in [1.29, 1.82) is 0 Å². The molecule has 7 nitrogen and oxygen atoms in total. The zero-order valence-electron chi connectivity index (χ0n) is 17.6. The minimum Gasteiger partial charge on any atom is -0.497 e. The maximum absolute atomic E-state index is 13.3. The predicted octanol–water partition coefficient (Wildman–Crippen LogP) is 4.49. The molecule has 33 heavy (non-hydrogen) atoms. The third kappa shape index (κ3) is 4.27. The summed E-state index contributed by atoms with van der Waals surface area (Å²) in [7, 11) is 1.61. The third-order valence-electron chi connectivity index (χ3n) is 5.31. The van der Waals surface area contributed by atoms with Gasteiger partial charge in [0.15, 0.2) is 5.82 Å². The number of hydrogen-bond donors (Lipinski definition) is 2. The quantitative estimate of drug-likeness (QED) is 0.456. The fourth-order valence-corrected chi connectivity index (χ4v) is 4.72. The highest BCUT2D eigenvalue weighted by molar-refractivity contribution is 8.00. The van der Waals surface area contributed by atoms with Gasteiger partial charge in [-0.15, -0.1) is 10.2 Å². The fraction of sp³-hybridized carbons (Fsp3) is 0.125. The normalized spacial score (nSPS) is 17.0. The second-order valence-electron chi connectivity index (χ2n) is 7.42. The highest BCUT2D eigenvalue weighted by atomic mass is 32.2. The molecule has 0 saturated heterocycles. The molecule has 1 amide bonds. The molecule has 1 aromatic heterocycles. The maximum Gasteiger partial charge on any atom is 0.240 e. The van der Waals surface area contributed by atoms with Gasteiger partial charge in [-0.3, -0.25) is 4.79 Å². The Bertz CT molecular complexity index is 1260. The van der Waals surface area contributed by atoms with Crippen molar-refractivity contribution in [2.75, 3.05) is 17.9 Å². The summed E-state index contributed by atoms with van der Waals surface area (Å²) in [5.41, 5.74) is 5.77. The summed E-state index contributed by atoms with van der Waals surface area (Å²) in [4.78, 5) is 13.3. The van der Waals surface area contributed by atoms with Gasteiger partial charge in [0, 0.05) is 11.3 Å². The largest absolute Gasteiger partial charge is 0.497 e. The third-order valence-corrected chi connectivity index (χ3v) is 6.53. The van der Waals surface area contributed by atoms with E-state index >= 15 is 0 Å². The van der Waals surface area contributed by atoms with Crippen LogP contribution in [0.1, 0.15) is 11.6 Å². The lowest BCUT2D eigenvalue weighted by Crippen LogP contribution is -2.41. The van der Waals surface area contributed by atoms with Gasteiger partial charge in [-0.05, 0) is 42.0 Å². The van der Waals surface area contributed by atoms with Crippen LogP contribution in [0.5, 0.6) is 5.75 Å². The van der Waals surface area contributed by atoms with Crippen LogP contribution in [0, 0.1) is 5.82 Å². The van der Waals surface area contributed by atoms with Gasteiger partial charge >= 0.3 is 0 Å². The van der Waals surface area contributed by atoms with Crippen LogP contribution in [0.2, 0.25) is 0 Å². The van der Waals surface area contributed by atoms with Crippen LogP contribution in [0.15, 0.2) is 84.0 Å². The Morgan fingerprint density at radius 3 is 2.45 bits per heavy atom. The molecule has 2 N–H and O–H groups in total. The summed E-state index contributed by atoms with van der Waals surface area (Å²) in [6, 6.07) is 22.6. The Morgan fingerprint density at radius 2 is 1.76 bits per heavy atom. The molecule has 3 aromatic carbocycles. The van der Waals surface area contributed by atoms with Crippen LogP contribution in [-0.4, -0.2) is 33.1 Å². The van der Waals surface area contributed by atoms with E-state index in [-0.39, 0.29) is 17.8 Å². The van der Waals surface area contributed by atoms with Gasteiger partial charge in [0.25, 0.3) is 0 Å². The number of carbonyl (C=O) groups is 1. The van der Waals surface area contributed by atoms with E-state index in [2.05, 4.69) is 20.9 Å². The minimum absolute atomic E-state index is 0.226. The number of rotatable bonds is 5. The molecule has 0 bridgehead atoms. The molecule has 0 spiro atoms. The number of ether oxygens (including phenoxy) is 1. The van der Waals surface area contributed by atoms with E-state index in [1.165, 1.54) is 36.0 Å². The van der Waals surface area contributed by atoms with E-state index in [4.69, 9.17) is 4.74 Å². The summed E-state index contributed by atoms with van der Waals surface area (Å²) in [6.45, 7) is 0. The Hall–Kier alpha value is -3.85. The summed E-state index contributed by atoms with van der Waals surface area (Å²) >= 11 is 1.33. The van der Waals surface area contributed by atoms with Gasteiger partial charge in [-0.25, -0.2) is 9.07 Å². The molecule has 0 aliphatic carbocycles. The van der Waals surface area contributed by atoms with Crippen molar-refractivity contribution in [2.24, 2.45) is 0 Å². The highest BCUT2D eigenvalue weighted by Crippen LogP contribution is 2.39. The zero-order chi connectivity index (χ0) is 22.8. The smallest absolute Gasteiger partial charge is 0.240 e. The number of nitrogens with zero attached hydrogens (tertiary/aromatic N) is 3. The summed E-state index contributed by atoms with van der Waals surface area (Å²) in [5, 5.41) is 11.6. The van der Waals surface area contributed by atoms with Crippen molar-refractivity contribution in [2.45, 2.75) is 16.4 Å². The summed E-state index contributed by atoms with van der Waals surface area (Å²) in [6.07, 6.45) is 0. The van der Waals surface area contributed by atoms with E-state index in [1.807, 2.05) is 59.3 Å². The van der Waals surface area contributed by atoms with Crippen molar-refractivity contribution in [3.05, 3.63) is 90.2 Å². The molecule has 9 heteroatoms. The van der Waals surface area contributed by atoms with Crippen molar-refractivity contribution < 1.29 is 13.9 Å². The van der Waals surface area contributed by atoms with Gasteiger partial charge in [-0.1, -0.05) is 54.2 Å². The van der Waals surface area contributed by atoms with Gasteiger partial charge in [0.1, 0.15) is 16.8 Å². The molecule has 2 heterocycles. The molecular weight excluding hydrogens is 441 g/mol. The van der Waals surface area contributed by atoms with Crippen molar-refractivity contribution in [1.82, 2.24) is 14.9 Å². The Morgan fingerprint density at radius 1 is 1.03 bits per heavy atom. The van der Waals surface area contributed by atoms with E-state index in [0.29, 0.717) is 16.7 Å². The van der Waals surface area contributed by atoms with Crippen LogP contribution in [-0.2, 0) is 4.79 Å². The number of aromatic nitrogens is 3. The van der Waals surface area contributed by atoms with Gasteiger partial charge in [0.05, 0.1) is 13.2 Å². The first-order valence-electron chi connectivity index (χ1n) is 10.3. The first kappa shape index (κ1) is 21.0. The minimum atomic E-state index is -0.552. The number of nitrogens with one attached hydrogen (secondary N) is 2. The molecule has 0 radical (unpaired) electrons. The van der Waals surface area contributed by atoms with Crippen molar-refractivity contribution in [3.8, 4) is 17.1 Å². The first-order valence-corrected chi connectivity index (χ1v) is 11.1. The molecule has 166 valence electrons. The average molecular weight is 462 g/mol. The molecule has 0 fully saturated rings. The Labute approximate surface area is 194 Å². The summed E-state index contributed by atoms with van der Waals surface area (Å²) in [5.74, 6) is 0.799. The van der Waals surface area contributed by atoms with Crippen LogP contribution in [0.25, 0.3) is 11.4 Å². The summed E-state index contributed by atoms with van der Waals surface area (Å²) < 4.78 is 20.4. The number of methoxy groups -OCH3 is 1. The van der Waals surface area contributed by atoms with Crippen molar-refractivity contribution in [3.63, 3.8) is 0 Å². The Kier molecular flexibility index (Phi) is 5.70. The van der Waals surface area contributed by atoms with E-state index in [1.54, 1.807) is 7.11 Å². The van der Waals surface area contributed by atoms with Crippen LogP contribution in [0.3, 0.4) is 0 Å². The number of amides is 1. The molecule has 0 saturated carbocycles. The lowest BCUT2D eigenvalue weighted by Gasteiger charge is -2.33. The molecule has 2 atom stereocenters. The second-order valence-corrected chi connectivity index (χ2v) is 8.53. The number of anilines is 1. The molecule has 0 unspecified atom stereocenters. The number of hydrogen-bond acceptors (Lipinski definition) is 6. The number of carbonyl (C=O) groups excluding carboxylic acids is 1. The molecule has 1 aliphatic heterocycles. The standard InChI is InChI=1S/C24H20FN5O2S/c1-32-19-13-7-15(8-14-19)20-21(23(31)26-18-11-9-17(25)10-12-18)33-24-28-27-22(30(24)29-20)16-5-3-2-4-6-16/h2-14,20-21,29H,1H3,(H,26,31)/t20-,21-/m1/s1.